The maximum absolute atomic E-state index is 13.4. The Labute approximate surface area is 161 Å². The fourth-order valence-corrected chi connectivity index (χ4v) is 3.56. The van der Waals surface area contributed by atoms with E-state index in [9.17, 15) is 13.6 Å². The predicted octanol–water partition coefficient (Wildman–Crippen LogP) is 2.10. The number of alkyl halides is 2. The Morgan fingerprint density at radius 2 is 1.96 bits per heavy atom. The summed E-state index contributed by atoms with van der Waals surface area (Å²) in [6.07, 6.45) is 1.56. The smallest absolute Gasteiger partial charge is 0.293 e. The Bertz CT molecular complexity index is 1010. The highest BCUT2D eigenvalue weighted by Gasteiger charge is 2.37. The Kier molecular flexibility index (Phi) is 4.80. The van der Waals surface area contributed by atoms with E-state index in [4.69, 9.17) is 0 Å². The van der Waals surface area contributed by atoms with E-state index in [1.165, 1.54) is 0 Å². The summed E-state index contributed by atoms with van der Waals surface area (Å²) in [7, 11) is 0. The number of carbonyl (C=O) groups excluding carboxylic acids is 1. The number of aryl methyl sites for hydroxylation is 1. The van der Waals surface area contributed by atoms with Crippen molar-refractivity contribution in [3.8, 4) is 0 Å². The van der Waals surface area contributed by atoms with Crippen LogP contribution in [0.2, 0.25) is 0 Å². The van der Waals surface area contributed by atoms with Crippen LogP contribution in [0.3, 0.4) is 0 Å². The topological polar surface area (TPSA) is 63.7 Å². The lowest BCUT2D eigenvalue weighted by molar-refractivity contribution is -0.921. The van der Waals surface area contributed by atoms with Gasteiger partial charge in [-0.25, -0.2) is 18.7 Å². The Hall–Kier alpha value is -2.87. The van der Waals surface area contributed by atoms with E-state index in [0.29, 0.717) is 25.5 Å². The minimum Gasteiger partial charge on any atom is -0.329 e. The molecule has 1 amide bonds. The van der Waals surface area contributed by atoms with Crippen LogP contribution in [-0.4, -0.2) is 39.3 Å². The summed E-state index contributed by atoms with van der Waals surface area (Å²) in [5, 5.41) is 2.78. The molecule has 4 rings (SSSR count). The maximum Gasteiger partial charge on any atom is 0.293 e. The zero-order valence-electron chi connectivity index (χ0n) is 15.6. The molecule has 146 valence electrons. The van der Waals surface area contributed by atoms with Gasteiger partial charge < -0.3 is 10.2 Å². The zero-order valence-corrected chi connectivity index (χ0v) is 15.6. The van der Waals surface area contributed by atoms with Gasteiger partial charge in [-0.15, -0.1) is 0 Å². The quantitative estimate of drug-likeness (QED) is 0.722. The molecule has 3 aromatic rings. The molecule has 4 heterocycles. The number of nitrogens with one attached hydrogen (secondary N) is 2. The molecule has 1 fully saturated rings. The van der Waals surface area contributed by atoms with Crippen LogP contribution in [0.4, 0.5) is 14.6 Å². The number of rotatable bonds is 4. The molecule has 0 radical (unpaired) electrons. The number of hydrogen-bond donors (Lipinski definition) is 2. The molecule has 2 N–H and O–H groups in total. The van der Waals surface area contributed by atoms with Crippen LogP contribution >= 0.6 is 0 Å². The second-order valence-corrected chi connectivity index (χ2v) is 7.24. The van der Waals surface area contributed by atoms with Gasteiger partial charge in [-0.1, -0.05) is 12.1 Å². The number of fused-ring (bicyclic) bond motifs is 1. The van der Waals surface area contributed by atoms with Gasteiger partial charge in [-0.05, 0) is 31.2 Å². The van der Waals surface area contributed by atoms with E-state index in [1.807, 2.05) is 37.3 Å². The van der Waals surface area contributed by atoms with Crippen molar-refractivity contribution in [2.75, 3.05) is 18.4 Å². The first-order chi connectivity index (χ1) is 13.4. The van der Waals surface area contributed by atoms with Gasteiger partial charge in [0.2, 0.25) is 5.82 Å². The van der Waals surface area contributed by atoms with Crippen molar-refractivity contribution in [3.63, 3.8) is 0 Å². The van der Waals surface area contributed by atoms with Crippen LogP contribution in [0.15, 0.2) is 42.6 Å². The van der Waals surface area contributed by atoms with E-state index in [1.54, 1.807) is 16.7 Å². The second kappa shape index (κ2) is 7.27. The van der Waals surface area contributed by atoms with E-state index in [2.05, 4.69) is 15.3 Å². The second-order valence-electron chi connectivity index (χ2n) is 7.24. The minimum atomic E-state index is -2.56. The van der Waals surface area contributed by atoms with Crippen molar-refractivity contribution in [1.82, 2.24) is 14.4 Å². The number of imidazole rings is 1. The molecule has 6 nitrogen and oxygen atoms in total. The van der Waals surface area contributed by atoms with Crippen LogP contribution < -0.4 is 10.2 Å². The summed E-state index contributed by atoms with van der Waals surface area (Å²) in [6, 6.07) is 11.0. The molecule has 0 bridgehead atoms. The normalized spacial score (nSPS) is 17.0. The van der Waals surface area contributed by atoms with Gasteiger partial charge in [0, 0.05) is 11.9 Å². The van der Waals surface area contributed by atoms with Crippen LogP contribution in [0.1, 0.15) is 34.8 Å². The predicted molar refractivity (Wildman–Crippen MR) is 101 cm³/mol. The summed E-state index contributed by atoms with van der Waals surface area (Å²) in [6.45, 7) is 3.16. The van der Waals surface area contributed by atoms with Crippen molar-refractivity contribution >= 4 is 17.2 Å². The number of hydrogen-bond acceptors (Lipinski definition) is 3. The zero-order chi connectivity index (χ0) is 19.7. The van der Waals surface area contributed by atoms with Gasteiger partial charge in [-0.2, -0.15) is 0 Å². The number of anilines is 1. The minimum absolute atomic E-state index is 0.111. The van der Waals surface area contributed by atoms with Crippen molar-refractivity contribution in [2.24, 2.45) is 0 Å². The molecule has 0 aromatic carbocycles. The van der Waals surface area contributed by atoms with Gasteiger partial charge in [0.05, 0.1) is 31.4 Å². The maximum atomic E-state index is 13.4. The Morgan fingerprint density at radius 1 is 1.18 bits per heavy atom. The fourth-order valence-electron chi connectivity index (χ4n) is 3.56. The van der Waals surface area contributed by atoms with Gasteiger partial charge in [0.15, 0.2) is 0 Å². The molecular weight excluding hydrogens is 364 g/mol. The molecule has 8 heteroatoms. The van der Waals surface area contributed by atoms with Crippen molar-refractivity contribution in [3.05, 3.63) is 59.8 Å². The fraction of sp³-hybridized carbons (Fsp3) is 0.350. The van der Waals surface area contributed by atoms with Crippen LogP contribution in [0.5, 0.6) is 0 Å². The number of nitrogens with zero attached hydrogens (tertiary/aromatic N) is 3. The summed E-state index contributed by atoms with van der Waals surface area (Å²) < 4.78 is 28.6. The van der Waals surface area contributed by atoms with Crippen LogP contribution in [0.25, 0.3) is 5.52 Å². The largest absolute Gasteiger partial charge is 0.329 e. The molecule has 0 saturated carbocycles. The molecule has 1 saturated heterocycles. The number of quaternary nitrogens is 1. The third-order valence-corrected chi connectivity index (χ3v) is 5.06. The first kappa shape index (κ1) is 18.5. The number of carbonyl (C=O) groups is 1. The van der Waals surface area contributed by atoms with Crippen LogP contribution in [-0.2, 0) is 6.54 Å². The summed E-state index contributed by atoms with van der Waals surface area (Å²) >= 11 is 0. The number of halogens is 2. The number of piperidine rings is 1. The van der Waals surface area contributed by atoms with Crippen LogP contribution in [0, 0.1) is 6.92 Å². The number of likely N-dealkylation sites (tertiary alicyclic amines) is 1. The molecule has 0 spiro atoms. The average molecular weight is 386 g/mol. The number of aromatic nitrogens is 3. The lowest BCUT2D eigenvalue weighted by Crippen LogP contribution is -3.12. The van der Waals surface area contributed by atoms with E-state index in [0.717, 1.165) is 21.8 Å². The van der Waals surface area contributed by atoms with Gasteiger partial charge in [-0.3, -0.25) is 9.20 Å². The highest BCUT2D eigenvalue weighted by Crippen LogP contribution is 2.23. The molecule has 28 heavy (non-hydrogen) atoms. The van der Waals surface area contributed by atoms with Crippen molar-refractivity contribution < 1.29 is 18.5 Å². The number of amides is 1. The molecule has 0 atom stereocenters. The van der Waals surface area contributed by atoms with Crippen molar-refractivity contribution in [2.45, 2.75) is 32.2 Å². The lowest BCUT2D eigenvalue weighted by Gasteiger charge is -2.28. The first-order valence-corrected chi connectivity index (χ1v) is 9.34. The monoisotopic (exact) mass is 386 g/mol. The van der Waals surface area contributed by atoms with E-state index < -0.39 is 5.92 Å². The highest BCUT2D eigenvalue weighted by atomic mass is 19.3. The Morgan fingerprint density at radius 3 is 2.71 bits per heavy atom. The van der Waals surface area contributed by atoms with E-state index >= 15 is 0 Å². The third-order valence-electron chi connectivity index (χ3n) is 5.06. The Balaban J connectivity index is 1.58. The van der Waals surface area contributed by atoms with Crippen molar-refractivity contribution in [1.29, 1.82) is 0 Å². The van der Waals surface area contributed by atoms with Gasteiger partial charge >= 0.3 is 0 Å². The summed E-state index contributed by atoms with van der Waals surface area (Å²) in [5.74, 6) is -2.20. The standard InChI is InChI=1S/C20H21F2N5O/c1-14-5-4-7-17(23-14)25-19(28)18-24-15(16-6-2-3-10-27(16)18)13-26-11-8-20(21,22)9-12-26/h2-7,10H,8-9,11-13H2,1H3,(H,23,25,28)/p+1. The molecule has 3 aromatic heterocycles. The third kappa shape index (κ3) is 3.87. The average Bonchev–Trinajstić information content (AvgIpc) is 3.02. The summed E-state index contributed by atoms with van der Waals surface area (Å²) in [4.78, 5) is 22.7. The van der Waals surface area contributed by atoms with Gasteiger partial charge in [0.1, 0.15) is 18.1 Å². The lowest BCUT2D eigenvalue weighted by atomic mass is 10.1. The molecule has 0 aliphatic carbocycles. The van der Waals surface area contributed by atoms with Gasteiger partial charge in [0.25, 0.3) is 11.8 Å². The highest BCUT2D eigenvalue weighted by molar-refractivity contribution is 6.02. The van der Waals surface area contributed by atoms with E-state index in [-0.39, 0.29) is 24.6 Å². The SMILES string of the molecule is Cc1cccc(NC(=O)c2nc(C[NH+]3CCC(F)(F)CC3)c3ccccn23)n1. The molecule has 1 aliphatic rings. The molecule has 1 aliphatic heterocycles. The number of pyridine rings is 2. The molecule has 0 unspecified atom stereocenters. The molecular formula is C20H22F2N5O+. The first-order valence-electron chi connectivity index (χ1n) is 9.34. The summed E-state index contributed by atoms with van der Waals surface area (Å²) in [5.41, 5.74) is 2.36.